The van der Waals surface area contributed by atoms with Crippen LogP contribution in [-0.4, -0.2) is 95.4 Å². The smallest absolute Gasteiger partial charge is 0.242 e. The fourth-order valence-corrected chi connectivity index (χ4v) is 7.75. The first kappa shape index (κ1) is 46.8. The van der Waals surface area contributed by atoms with Crippen molar-refractivity contribution in [3.8, 4) is 0 Å². The van der Waals surface area contributed by atoms with Crippen molar-refractivity contribution in [2.75, 3.05) is 21.1 Å². The first-order valence-corrected chi connectivity index (χ1v) is 19.2. The van der Waals surface area contributed by atoms with Crippen molar-refractivity contribution >= 4 is 35.2 Å². The summed E-state index contributed by atoms with van der Waals surface area (Å²) in [6.45, 7) is 12.8. The van der Waals surface area contributed by atoms with Crippen LogP contribution in [0, 0.1) is 17.8 Å². The molecule has 0 bridgehead atoms. The molecule has 0 aliphatic heterocycles. The molecule has 0 heterocycles. The van der Waals surface area contributed by atoms with Gasteiger partial charge in [0.25, 0.3) is 0 Å². The molecule has 307 valence electrons. The van der Waals surface area contributed by atoms with Crippen LogP contribution in [0.4, 0.5) is 0 Å². The minimum absolute atomic E-state index is 0.0417. The van der Waals surface area contributed by atoms with E-state index in [1.807, 2.05) is 13.8 Å². The summed E-state index contributed by atoms with van der Waals surface area (Å²) in [6, 6.07) is 14.9. The molecule has 0 spiro atoms. The van der Waals surface area contributed by atoms with E-state index in [1.165, 1.54) is 69.8 Å². The van der Waals surface area contributed by atoms with Crippen LogP contribution in [0.5, 0.6) is 0 Å². The lowest BCUT2D eigenvalue weighted by Crippen LogP contribution is -2.59. The Hall–Kier alpha value is -4.56. The van der Waals surface area contributed by atoms with Crippen molar-refractivity contribution in [1.82, 2.24) is 16.0 Å². The highest BCUT2D eigenvalue weighted by molar-refractivity contribution is 6.18. The Bertz CT molecular complexity index is 1950. The minimum atomic E-state index is -3.31. The second-order valence-corrected chi connectivity index (χ2v) is 16.0. The Labute approximate surface area is 335 Å². The molecule has 0 aliphatic carbocycles. The average Bonchev–Trinajstić information content (AvgIpc) is 3.17. The van der Waals surface area contributed by atoms with E-state index >= 15 is 0 Å². The van der Waals surface area contributed by atoms with Crippen LogP contribution >= 0.6 is 0 Å². The van der Waals surface area contributed by atoms with Gasteiger partial charge in [0.1, 0.15) is 5.60 Å². The van der Waals surface area contributed by atoms with Gasteiger partial charge in [-0.05, 0) is 58.3 Å². The van der Waals surface area contributed by atoms with Crippen LogP contribution in [0.1, 0.15) is 109 Å². The van der Waals surface area contributed by atoms with E-state index < -0.39 is 86.6 Å². The van der Waals surface area contributed by atoms with Crippen molar-refractivity contribution in [2.45, 2.75) is 96.2 Å². The number of hydrogen-bond acceptors (Lipinski definition) is 12. The molecule has 0 fully saturated rings. The summed E-state index contributed by atoms with van der Waals surface area (Å²) in [5.74, 6) is -7.25. The summed E-state index contributed by atoms with van der Waals surface area (Å²) in [7, 11) is 4.67. The number of likely N-dealkylation sites (N-methyl/N-ethyl adjacent to an activating group) is 3. The van der Waals surface area contributed by atoms with E-state index in [1.54, 1.807) is 65.1 Å². The highest BCUT2D eigenvalue weighted by atomic mass is 16.3. The molecule has 3 aromatic carbocycles. The van der Waals surface area contributed by atoms with Crippen molar-refractivity contribution in [3.63, 3.8) is 0 Å². The SMILES string of the molecule is CN[C@H](C(=O)c1ccccc1C(C)(O)C(=O)c1cccc(C(C)(O)C(=O)C(O)([C]=O)C(C(=O)[C@@H](NC)C(C)C)c2ccccc2)c1C(=O)[C@@H](NC)C(C)C)C(C)C. The number of hydrogen-bond donors (Lipinski definition) is 6. The van der Waals surface area contributed by atoms with E-state index in [0.29, 0.717) is 0 Å². The zero-order valence-electron chi connectivity index (χ0n) is 34.8. The van der Waals surface area contributed by atoms with Crippen LogP contribution in [0.3, 0.4) is 0 Å². The van der Waals surface area contributed by atoms with Gasteiger partial charge in [-0.15, -0.1) is 0 Å². The highest BCUT2D eigenvalue weighted by Gasteiger charge is 2.57. The first-order chi connectivity index (χ1) is 26.6. The van der Waals surface area contributed by atoms with E-state index in [2.05, 4.69) is 16.0 Å². The highest BCUT2D eigenvalue weighted by Crippen LogP contribution is 2.40. The molecule has 12 heteroatoms. The van der Waals surface area contributed by atoms with Gasteiger partial charge < -0.3 is 31.3 Å². The topological polar surface area (TPSA) is 199 Å². The van der Waals surface area contributed by atoms with Gasteiger partial charge in [0.05, 0.1) is 24.0 Å². The molecular weight excluding hydrogens is 727 g/mol. The fourth-order valence-electron chi connectivity index (χ4n) is 7.75. The van der Waals surface area contributed by atoms with Crippen LogP contribution in [0.2, 0.25) is 0 Å². The zero-order valence-corrected chi connectivity index (χ0v) is 34.8. The molecule has 1 radical (unpaired) electrons. The maximum Gasteiger partial charge on any atom is 0.242 e. The predicted molar refractivity (Wildman–Crippen MR) is 218 cm³/mol. The van der Waals surface area contributed by atoms with E-state index in [-0.39, 0.29) is 34.3 Å². The maximum absolute atomic E-state index is 14.8. The third-order valence-corrected chi connectivity index (χ3v) is 10.8. The molecule has 0 aliphatic rings. The quantitative estimate of drug-likeness (QED) is 0.0675. The summed E-state index contributed by atoms with van der Waals surface area (Å²) in [4.78, 5) is 85.3. The molecule has 57 heavy (non-hydrogen) atoms. The summed E-state index contributed by atoms with van der Waals surface area (Å²) in [6.07, 6.45) is 1.38. The molecule has 0 aromatic heterocycles. The summed E-state index contributed by atoms with van der Waals surface area (Å²) < 4.78 is 0. The lowest BCUT2D eigenvalue weighted by atomic mass is 9.68. The van der Waals surface area contributed by atoms with Crippen LogP contribution in [0.25, 0.3) is 0 Å². The molecule has 12 nitrogen and oxygen atoms in total. The number of rotatable bonds is 21. The van der Waals surface area contributed by atoms with E-state index in [0.717, 1.165) is 6.92 Å². The summed E-state index contributed by atoms with van der Waals surface area (Å²) >= 11 is 0. The third-order valence-electron chi connectivity index (χ3n) is 10.8. The van der Waals surface area contributed by atoms with Gasteiger partial charge in [0.2, 0.25) is 17.7 Å². The second-order valence-electron chi connectivity index (χ2n) is 16.0. The van der Waals surface area contributed by atoms with Crippen molar-refractivity contribution in [1.29, 1.82) is 0 Å². The van der Waals surface area contributed by atoms with Gasteiger partial charge >= 0.3 is 0 Å². The first-order valence-electron chi connectivity index (χ1n) is 19.2. The summed E-state index contributed by atoms with van der Waals surface area (Å²) in [5.41, 5.74) is -9.92. The van der Waals surface area contributed by atoms with Gasteiger partial charge in [0, 0.05) is 27.8 Å². The van der Waals surface area contributed by atoms with Crippen LogP contribution in [-0.2, 0) is 25.6 Å². The number of carbonyl (C=O) groups excluding carboxylic acids is 6. The van der Waals surface area contributed by atoms with Crippen LogP contribution < -0.4 is 16.0 Å². The Morgan fingerprint density at radius 1 is 0.579 bits per heavy atom. The van der Waals surface area contributed by atoms with Crippen LogP contribution in [0.15, 0.2) is 72.8 Å². The Kier molecular flexibility index (Phi) is 15.4. The van der Waals surface area contributed by atoms with Crippen molar-refractivity contribution in [2.24, 2.45) is 17.8 Å². The van der Waals surface area contributed by atoms with Gasteiger partial charge in [-0.3, -0.25) is 28.8 Å². The molecule has 6 N–H and O–H groups in total. The minimum Gasteiger partial charge on any atom is -0.377 e. The van der Waals surface area contributed by atoms with Crippen molar-refractivity contribution in [3.05, 3.63) is 106 Å². The van der Waals surface area contributed by atoms with Gasteiger partial charge in [0.15, 0.2) is 28.7 Å². The number of nitrogens with one attached hydrogen (secondary N) is 3. The number of carbonyl (C=O) groups is 5. The third kappa shape index (κ3) is 9.12. The Balaban J connectivity index is 2.40. The molecule has 7 atom stereocenters. The van der Waals surface area contributed by atoms with Gasteiger partial charge in [-0.2, -0.15) is 0 Å². The number of benzene rings is 3. The molecule has 4 unspecified atom stereocenters. The molecule has 3 rings (SSSR count). The Morgan fingerprint density at radius 3 is 1.53 bits per heavy atom. The van der Waals surface area contributed by atoms with Gasteiger partial charge in [-0.1, -0.05) is 114 Å². The molecule has 0 saturated heterocycles. The summed E-state index contributed by atoms with van der Waals surface area (Å²) in [5, 5.41) is 45.5. The molecule has 0 amide bonds. The Morgan fingerprint density at radius 2 is 1.04 bits per heavy atom. The molecule has 0 saturated carbocycles. The second kappa shape index (κ2) is 18.8. The fraction of sp³-hybridized carbons (Fsp3) is 0.467. The lowest BCUT2D eigenvalue weighted by molar-refractivity contribution is -0.155. The lowest BCUT2D eigenvalue weighted by Gasteiger charge is -2.37. The molecular formula is C45H58N3O9. The van der Waals surface area contributed by atoms with Crippen molar-refractivity contribution < 1.29 is 44.1 Å². The molecule has 3 aromatic rings. The number of ketones is 5. The maximum atomic E-state index is 14.8. The number of Topliss-reactive ketones (excluding diaryl/α,β-unsaturated/α-hetero) is 5. The van der Waals surface area contributed by atoms with Gasteiger partial charge in [-0.25, -0.2) is 0 Å². The average molecular weight is 785 g/mol. The standard InChI is InChI=1S/C45H58N3O9/c1-25(2)35(46-9)38(50)29-20-15-16-22-31(29)43(7,55)41(53)30-21-17-23-32(33(30)39(51)36(47-10)26(3)4)44(8,56)42(54)45(57,24-49)34(28-18-13-12-14-19-28)40(52)37(48-11)27(5)6/h12-23,25-27,34-37,46-48,55-57H,1-11H3/t34?,35-,36-,37-,43?,44?,45?/m0/s1. The number of aliphatic hydroxyl groups is 3. The predicted octanol–water partition coefficient (Wildman–Crippen LogP) is 3.84. The monoisotopic (exact) mass is 784 g/mol. The van der Waals surface area contributed by atoms with E-state index in [9.17, 15) is 44.1 Å². The normalized spacial score (nSPS) is 17.1. The largest absolute Gasteiger partial charge is 0.377 e. The van der Waals surface area contributed by atoms with E-state index in [4.69, 9.17) is 0 Å². The zero-order chi connectivity index (χ0) is 43.2.